The molecule has 176 valence electrons. The highest BCUT2D eigenvalue weighted by atomic mass is 32.2. The van der Waals surface area contributed by atoms with Crippen LogP contribution in [0.25, 0.3) is 6.08 Å². The minimum atomic E-state index is -3.77. The van der Waals surface area contributed by atoms with Crippen LogP contribution >= 0.6 is 0 Å². The summed E-state index contributed by atoms with van der Waals surface area (Å²) in [6, 6.07) is 4.64. The number of hydrogen-bond donors (Lipinski definition) is 0. The van der Waals surface area contributed by atoms with E-state index in [-0.39, 0.29) is 36.2 Å². The van der Waals surface area contributed by atoms with Crippen LogP contribution in [-0.2, 0) is 29.1 Å². The average Bonchev–Trinajstić information content (AvgIpc) is 3.11. The maximum Gasteiger partial charge on any atom is 0.331 e. The Morgan fingerprint density at radius 3 is 2.41 bits per heavy atom. The first-order valence-electron chi connectivity index (χ1n) is 10.8. The second-order valence-corrected chi connectivity index (χ2v) is 9.57. The van der Waals surface area contributed by atoms with Gasteiger partial charge in [-0.3, -0.25) is 4.79 Å². The standard InChI is InChI=1S/C22H30N2O7S/c1-29-19-8-6-18(16-20(19)32(27,28)24-12-14-30-15-13-24)7-9-22(26)31-17-21(25)23-10-4-2-3-5-11-23/h6-9,16H,2-5,10-15,17H2,1H3/b9-7+. The molecule has 0 spiro atoms. The smallest absolute Gasteiger partial charge is 0.331 e. The van der Waals surface area contributed by atoms with Gasteiger partial charge in [-0.25, -0.2) is 13.2 Å². The number of ether oxygens (including phenoxy) is 3. The van der Waals surface area contributed by atoms with Gasteiger partial charge in [0.1, 0.15) is 10.6 Å². The predicted octanol–water partition coefficient (Wildman–Crippen LogP) is 1.68. The number of hydrogen-bond acceptors (Lipinski definition) is 7. The highest BCUT2D eigenvalue weighted by Crippen LogP contribution is 2.28. The third-order valence-corrected chi connectivity index (χ3v) is 7.40. The summed E-state index contributed by atoms with van der Waals surface area (Å²) in [6.07, 6.45) is 6.79. The number of sulfonamides is 1. The van der Waals surface area contributed by atoms with Gasteiger partial charge >= 0.3 is 5.97 Å². The highest BCUT2D eigenvalue weighted by Gasteiger charge is 2.29. The Bertz CT molecular complexity index is 932. The highest BCUT2D eigenvalue weighted by molar-refractivity contribution is 7.89. The normalized spacial score (nSPS) is 18.3. The van der Waals surface area contributed by atoms with Crippen LogP contribution in [0.15, 0.2) is 29.2 Å². The number of carbonyl (C=O) groups is 2. The molecule has 3 rings (SSSR count). The van der Waals surface area contributed by atoms with Gasteiger partial charge in [0.2, 0.25) is 10.0 Å². The summed E-state index contributed by atoms with van der Waals surface area (Å²) in [4.78, 5) is 26.1. The molecule has 2 heterocycles. The second kappa shape index (κ2) is 11.4. The largest absolute Gasteiger partial charge is 0.495 e. The molecule has 10 heteroatoms. The molecule has 9 nitrogen and oxygen atoms in total. The fraction of sp³-hybridized carbons (Fsp3) is 0.545. The van der Waals surface area contributed by atoms with E-state index in [9.17, 15) is 18.0 Å². The van der Waals surface area contributed by atoms with E-state index in [1.807, 2.05) is 0 Å². The second-order valence-electron chi connectivity index (χ2n) is 7.66. The van der Waals surface area contributed by atoms with E-state index in [0.717, 1.165) is 25.7 Å². The van der Waals surface area contributed by atoms with Crippen molar-refractivity contribution in [1.82, 2.24) is 9.21 Å². The van der Waals surface area contributed by atoms with Gasteiger partial charge in [-0.1, -0.05) is 18.9 Å². The zero-order valence-corrected chi connectivity index (χ0v) is 19.1. The predicted molar refractivity (Wildman–Crippen MR) is 118 cm³/mol. The van der Waals surface area contributed by atoms with Crippen molar-refractivity contribution in [3.8, 4) is 5.75 Å². The number of nitrogens with zero attached hydrogens (tertiary/aromatic N) is 2. The Morgan fingerprint density at radius 2 is 1.75 bits per heavy atom. The Balaban J connectivity index is 1.64. The first-order chi connectivity index (χ1) is 15.4. The zero-order chi connectivity index (χ0) is 23.0. The molecule has 1 aromatic carbocycles. The zero-order valence-electron chi connectivity index (χ0n) is 18.3. The minimum absolute atomic E-state index is 0.0220. The summed E-state index contributed by atoms with van der Waals surface area (Å²) in [6.45, 7) is 2.29. The van der Waals surface area contributed by atoms with E-state index in [2.05, 4.69) is 0 Å². The molecule has 1 amide bonds. The molecule has 0 bridgehead atoms. The van der Waals surface area contributed by atoms with Crippen LogP contribution in [0.2, 0.25) is 0 Å². The van der Waals surface area contributed by atoms with Crippen LogP contribution in [0.5, 0.6) is 5.75 Å². The van der Waals surface area contributed by atoms with Gasteiger partial charge in [0.05, 0.1) is 20.3 Å². The Kier molecular flexibility index (Phi) is 8.66. The number of amides is 1. The average molecular weight is 467 g/mol. The van der Waals surface area contributed by atoms with Crippen molar-refractivity contribution >= 4 is 28.0 Å². The third kappa shape index (κ3) is 6.30. The van der Waals surface area contributed by atoms with Crippen LogP contribution in [0.4, 0.5) is 0 Å². The van der Waals surface area contributed by atoms with Crippen molar-refractivity contribution in [3.05, 3.63) is 29.8 Å². The molecule has 2 aliphatic heterocycles. The molecular weight excluding hydrogens is 436 g/mol. The molecule has 2 saturated heterocycles. The Labute approximate surface area is 189 Å². The molecule has 0 radical (unpaired) electrons. The maximum absolute atomic E-state index is 13.0. The first-order valence-corrected chi connectivity index (χ1v) is 12.2. The van der Waals surface area contributed by atoms with E-state index in [1.54, 1.807) is 17.0 Å². The van der Waals surface area contributed by atoms with Gasteiger partial charge in [-0.15, -0.1) is 0 Å². The van der Waals surface area contributed by atoms with Crippen molar-refractivity contribution in [1.29, 1.82) is 0 Å². The van der Waals surface area contributed by atoms with Crippen molar-refractivity contribution in [3.63, 3.8) is 0 Å². The fourth-order valence-electron chi connectivity index (χ4n) is 3.68. The number of esters is 1. The number of benzene rings is 1. The summed E-state index contributed by atoms with van der Waals surface area (Å²) < 4.78 is 43.0. The molecule has 32 heavy (non-hydrogen) atoms. The lowest BCUT2D eigenvalue weighted by molar-refractivity contribution is -0.148. The molecule has 0 aromatic heterocycles. The van der Waals surface area contributed by atoms with Crippen LogP contribution in [-0.4, -0.2) is 82.6 Å². The summed E-state index contributed by atoms with van der Waals surface area (Å²) in [5, 5.41) is 0. The van der Waals surface area contributed by atoms with Crippen LogP contribution in [0.3, 0.4) is 0 Å². The lowest BCUT2D eigenvalue weighted by atomic mass is 10.2. The summed E-state index contributed by atoms with van der Waals surface area (Å²) >= 11 is 0. The molecule has 0 atom stereocenters. The van der Waals surface area contributed by atoms with Crippen LogP contribution < -0.4 is 4.74 Å². The van der Waals surface area contributed by atoms with Crippen molar-refractivity contribution in [2.24, 2.45) is 0 Å². The Hall–Kier alpha value is -2.43. The van der Waals surface area contributed by atoms with Gasteiger partial charge in [-0.2, -0.15) is 4.31 Å². The van der Waals surface area contributed by atoms with E-state index in [1.165, 1.54) is 29.6 Å². The molecule has 2 fully saturated rings. The van der Waals surface area contributed by atoms with Crippen LogP contribution in [0.1, 0.15) is 31.2 Å². The van der Waals surface area contributed by atoms with E-state index in [4.69, 9.17) is 14.2 Å². The number of carbonyl (C=O) groups excluding carboxylic acids is 2. The lowest BCUT2D eigenvalue weighted by Crippen LogP contribution is -2.40. The molecule has 0 saturated carbocycles. The topological polar surface area (TPSA) is 102 Å². The van der Waals surface area contributed by atoms with Gasteiger partial charge in [-0.05, 0) is 36.6 Å². The number of morpholine rings is 1. The van der Waals surface area contributed by atoms with Gasteiger partial charge < -0.3 is 19.1 Å². The first kappa shape index (κ1) is 24.2. The third-order valence-electron chi connectivity index (χ3n) is 5.48. The maximum atomic E-state index is 13.0. The SMILES string of the molecule is COc1ccc(/C=C/C(=O)OCC(=O)N2CCCCCC2)cc1S(=O)(=O)N1CCOCC1. The quantitative estimate of drug-likeness (QED) is 0.445. The van der Waals surface area contributed by atoms with E-state index in [0.29, 0.717) is 31.9 Å². The molecule has 1 aromatic rings. The van der Waals surface area contributed by atoms with Gasteiger partial charge in [0.15, 0.2) is 6.61 Å². The molecule has 2 aliphatic rings. The van der Waals surface area contributed by atoms with Crippen LogP contribution in [0, 0.1) is 0 Å². The molecule has 0 N–H and O–H groups in total. The van der Waals surface area contributed by atoms with Crippen molar-refractivity contribution < 1.29 is 32.2 Å². The van der Waals surface area contributed by atoms with E-state index >= 15 is 0 Å². The summed E-state index contributed by atoms with van der Waals surface area (Å²) in [5.41, 5.74) is 0.494. The van der Waals surface area contributed by atoms with Gasteiger partial charge in [0, 0.05) is 32.3 Å². The molecular formula is C22H30N2O7S. The Morgan fingerprint density at radius 1 is 1.06 bits per heavy atom. The monoisotopic (exact) mass is 466 g/mol. The summed E-state index contributed by atoms with van der Waals surface area (Å²) in [7, 11) is -2.37. The minimum Gasteiger partial charge on any atom is -0.495 e. The molecule has 0 aliphatic carbocycles. The van der Waals surface area contributed by atoms with E-state index < -0.39 is 16.0 Å². The van der Waals surface area contributed by atoms with Crippen molar-refractivity contribution in [2.75, 3.05) is 53.1 Å². The fourth-order valence-corrected chi connectivity index (χ4v) is 5.28. The number of rotatable bonds is 7. The lowest BCUT2D eigenvalue weighted by Gasteiger charge is -2.26. The van der Waals surface area contributed by atoms with Gasteiger partial charge in [0.25, 0.3) is 5.91 Å². The van der Waals surface area contributed by atoms with Crippen molar-refractivity contribution in [2.45, 2.75) is 30.6 Å². The number of likely N-dealkylation sites (tertiary alicyclic amines) is 1. The summed E-state index contributed by atoms with van der Waals surface area (Å²) in [5.74, 6) is -0.641. The molecule has 0 unspecified atom stereocenters. The number of methoxy groups -OCH3 is 1.